The van der Waals surface area contributed by atoms with E-state index in [-0.39, 0.29) is 6.54 Å². The van der Waals surface area contributed by atoms with Gasteiger partial charge in [0.25, 0.3) is 0 Å². The minimum absolute atomic E-state index is 0.0373. The van der Waals surface area contributed by atoms with Gasteiger partial charge in [-0.15, -0.1) is 0 Å². The first-order chi connectivity index (χ1) is 13.5. The van der Waals surface area contributed by atoms with Gasteiger partial charge in [-0.3, -0.25) is 4.90 Å². The zero-order valence-corrected chi connectivity index (χ0v) is 16.5. The van der Waals surface area contributed by atoms with Gasteiger partial charge in [0, 0.05) is 5.56 Å². The van der Waals surface area contributed by atoms with Gasteiger partial charge in [0.2, 0.25) is 0 Å². The molecule has 2 aliphatic rings. The van der Waals surface area contributed by atoms with Crippen molar-refractivity contribution in [1.82, 2.24) is 15.1 Å². The van der Waals surface area contributed by atoms with E-state index in [4.69, 9.17) is 9.47 Å². The molecule has 0 aromatic heterocycles. The highest BCUT2D eigenvalue weighted by molar-refractivity contribution is 5.70. The van der Waals surface area contributed by atoms with E-state index in [1.807, 2.05) is 0 Å². The maximum atomic E-state index is 14.9. The van der Waals surface area contributed by atoms with Crippen LogP contribution in [-0.2, 0) is 15.2 Å². The van der Waals surface area contributed by atoms with E-state index in [1.54, 1.807) is 51.1 Å². The standard InChI is InChI=1S/C19H25F2N3O5/c1-18(2,3)29-17(26)24-14(20)10-23(11-15(24)21)19(27,12-7-5-4-6-8-12)13-9-22-16(25)28-13/h4-8,13-15,27H,9-11H2,1-3H3,(H,22,25). The zero-order chi connectivity index (χ0) is 21.4. The normalized spacial score (nSPS) is 27.7. The molecule has 2 saturated heterocycles. The number of nitrogens with zero attached hydrogens (tertiary/aromatic N) is 2. The van der Waals surface area contributed by atoms with Crippen LogP contribution in [-0.4, -0.2) is 71.0 Å². The van der Waals surface area contributed by atoms with Crippen LogP contribution in [0.2, 0.25) is 0 Å². The summed E-state index contributed by atoms with van der Waals surface area (Å²) in [5.74, 6) is 0. The average molecular weight is 413 g/mol. The van der Waals surface area contributed by atoms with Gasteiger partial charge in [0.15, 0.2) is 24.4 Å². The third kappa shape index (κ3) is 4.27. The molecular weight excluding hydrogens is 388 g/mol. The Morgan fingerprint density at radius 2 is 1.79 bits per heavy atom. The van der Waals surface area contributed by atoms with E-state index in [9.17, 15) is 23.5 Å². The van der Waals surface area contributed by atoms with E-state index < -0.39 is 55.3 Å². The maximum absolute atomic E-state index is 14.9. The molecule has 0 bridgehead atoms. The van der Waals surface area contributed by atoms with Crippen LogP contribution in [0, 0.1) is 0 Å². The predicted molar refractivity (Wildman–Crippen MR) is 98.0 cm³/mol. The Kier molecular flexibility index (Phi) is 5.68. The summed E-state index contributed by atoms with van der Waals surface area (Å²) < 4.78 is 40.0. The fourth-order valence-corrected chi connectivity index (χ4v) is 3.48. The molecule has 0 aliphatic carbocycles. The molecule has 2 amide bonds. The predicted octanol–water partition coefficient (Wildman–Crippen LogP) is 2.08. The second-order valence-electron chi connectivity index (χ2n) is 8.03. The molecule has 1 aromatic rings. The van der Waals surface area contributed by atoms with Crippen LogP contribution >= 0.6 is 0 Å². The highest BCUT2D eigenvalue weighted by Gasteiger charge is 2.53. The second kappa shape index (κ2) is 7.75. The lowest BCUT2D eigenvalue weighted by atomic mass is 9.93. The molecule has 2 aliphatic heterocycles. The molecule has 4 unspecified atom stereocenters. The average Bonchev–Trinajstić information content (AvgIpc) is 3.06. The van der Waals surface area contributed by atoms with Gasteiger partial charge in [-0.05, 0) is 20.8 Å². The van der Waals surface area contributed by atoms with Crippen molar-refractivity contribution in [2.45, 2.75) is 50.8 Å². The van der Waals surface area contributed by atoms with Crippen molar-refractivity contribution in [1.29, 1.82) is 0 Å². The Morgan fingerprint density at radius 3 is 2.28 bits per heavy atom. The molecule has 0 saturated carbocycles. The number of nitrogens with one attached hydrogen (secondary N) is 1. The molecule has 160 valence electrons. The molecule has 0 spiro atoms. The van der Waals surface area contributed by atoms with Crippen molar-refractivity contribution < 1.29 is 33.0 Å². The van der Waals surface area contributed by atoms with Gasteiger partial charge in [-0.2, -0.15) is 0 Å². The SMILES string of the molecule is CC(C)(C)OC(=O)N1C(F)CN(C(O)(c2ccccc2)C2CNC(=O)O2)CC1F. The number of cyclic esters (lactones) is 1. The number of piperazine rings is 1. The number of aliphatic hydroxyl groups is 1. The second-order valence-corrected chi connectivity index (χ2v) is 8.03. The van der Waals surface area contributed by atoms with Crippen LogP contribution in [0.25, 0.3) is 0 Å². The first kappa shape index (κ1) is 21.3. The lowest BCUT2D eigenvalue weighted by molar-refractivity contribution is -0.218. The third-order valence-corrected chi connectivity index (χ3v) is 4.76. The molecule has 2 N–H and O–H groups in total. The Hall–Kier alpha value is -2.46. The quantitative estimate of drug-likeness (QED) is 0.738. The molecule has 0 radical (unpaired) electrons. The van der Waals surface area contributed by atoms with Crippen molar-refractivity contribution in [3.8, 4) is 0 Å². The summed E-state index contributed by atoms with van der Waals surface area (Å²) in [6.45, 7) is 3.74. The van der Waals surface area contributed by atoms with Crippen LogP contribution in [0.5, 0.6) is 0 Å². The first-order valence-corrected chi connectivity index (χ1v) is 9.29. The monoisotopic (exact) mass is 413 g/mol. The van der Waals surface area contributed by atoms with Crippen molar-refractivity contribution >= 4 is 12.2 Å². The summed E-state index contributed by atoms with van der Waals surface area (Å²) in [6.07, 6.45) is -7.09. The van der Waals surface area contributed by atoms with Crippen molar-refractivity contribution in [2.75, 3.05) is 19.6 Å². The first-order valence-electron chi connectivity index (χ1n) is 9.29. The van der Waals surface area contributed by atoms with Crippen LogP contribution in [0.4, 0.5) is 18.4 Å². The summed E-state index contributed by atoms with van der Waals surface area (Å²) in [6, 6.07) is 8.18. The number of hydrogen-bond acceptors (Lipinski definition) is 6. The Labute approximate surface area is 167 Å². The van der Waals surface area contributed by atoms with Crippen molar-refractivity contribution in [3.05, 3.63) is 35.9 Å². The summed E-state index contributed by atoms with van der Waals surface area (Å²) >= 11 is 0. The summed E-state index contributed by atoms with van der Waals surface area (Å²) in [5.41, 5.74) is -2.59. The summed E-state index contributed by atoms with van der Waals surface area (Å²) in [5, 5.41) is 14.0. The molecule has 3 rings (SSSR count). The van der Waals surface area contributed by atoms with Crippen molar-refractivity contribution in [2.24, 2.45) is 0 Å². The number of alkyl halides is 2. The molecule has 8 nitrogen and oxygen atoms in total. The van der Waals surface area contributed by atoms with Crippen LogP contribution in [0.3, 0.4) is 0 Å². The van der Waals surface area contributed by atoms with E-state index in [0.717, 1.165) is 4.90 Å². The van der Waals surface area contributed by atoms with Gasteiger partial charge in [-0.25, -0.2) is 23.3 Å². The molecule has 4 atom stereocenters. The Bertz CT molecular complexity index is 748. The zero-order valence-electron chi connectivity index (χ0n) is 16.5. The molecule has 2 fully saturated rings. The van der Waals surface area contributed by atoms with Gasteiger partial charge < -0.3 is 19.9 Å². The van der Waals surface area contributed by atoms with Gasteiger partial charge in [-0.1, -0.05) is 30.3 Å². The lowest BCUT2D eigenvalue weighted by Crippen LogP contribution is -2.66. The van der Waals surface area contributed by atoms with Gasteiger partial charge in [0.1, 0.15) is 5.60 Å². The molecule has 29 heavy (non-hydrogen) atoms. The maximum Gasteiger partial charge on any atom is 0.415 e. The third-order valence-electron chi connectivity index (χ3n) is 4.76. The fraction of sp³-hybridized carbons (Fsp3) is 0.579. The topological polar surface area (TPSA) is 91.3 Å². The summed E-state index contributed by atoms with van der Waals surface area (Å²) in [7, 11) is 0. The fourth-order valence-electron chi connectivity index (χ4n) is 3.48. The number of hydrogen-bond donors (Lipinski definition) is 2. The van der Waals surface area contributed by atoms with Crippen molar-refractivity contribution in [3.63, 3.8) is 0 Å². The van der Waals surface area contributed by atoms with E-state index in [1.165, 1.54) is 0 Å². The number of carbonyl (C=O) groups excluding carboxylic acids is 2. The lowest BCUT2D eigenvalue weighted by Gasteiger charge is -2.48. The number of carbonyl (C=O) groups is 2. The van der Waals surface area contributed by atoms with E-state index >= 15 is 0 Å². The van der Waals surface area contributed by atoms with Gasteiger partial charge in [0.05, 0.1) is 19.6 Å². The number of rotatable bonds is 3. The number of ether oxygens (including phenoxy) is 2. The number of benzene rings is 1. The van der Waals surface area contributed by atoms with Gasteiger partial charge >= 0.3 is 12.2 Å². The molecule has 2 heterocycles. The molecular formula is C19H25F2N3O5. The minimum atomic E-state index is -2.08. The van der Waals surface area contributed by atoms with Crippen LogP contribution < -0.4 is 5.32 Å². The highest BCUT2D eigenvalue weighted by Crippen LogP contribution is 2.36. The number of amides is 2. The van der Waals surface area contributed by atoms with E-state index in [2.05, 4.69) is 5.32 Å². The van der Waals surface area contributed by atoms with Crippen LogP contribution in [0.1, 0.15) is 26.3 Å². The molecule has 10 heteroatoms. The number of halogens is 2. The Morgan fingerprint density at radius 1 is 1.21 bits per heavy atom. The minimum Gasteiger partial charge on any atom is -0.444 e. The number of alkyl carbamates (subject to hydrolysis) is 1. The van der Waals surface area contributed by atoms with E-state index in [0.29, 0.717) is 10.5 Å². The summed E-state index contributed by atoms with van der Waals surface area (Å²) in [4.78, 5) is 25.3. The highest BCUT2D eigenvalue weighted by atomic mass is 19.2. The molecule has 1 aromatic carbocycles. The largest absolute Gasteiger partial charge is 0.444 e. The Balaban J connectivity index is 1.87. The smallest absolute Gasteiger partial charge is 0.415 e. The van der Waals surface area contributed by atoms with Crippen LogP contribution in [0.15, 0.2) is 30.3 Å².